The predicted molar refractivity (Wildman–Crippen MR) is 54.5 cm³/mol. The summed E-state index contributed by atoms with van der Waals surface area (Å²) in [5.74, 6) is -0.205. The molecular weight excluding hydrogens is 180 g/mol. The Hall–Kier alpha value is -1.45. The average molecular weight is 196 g/mol. The van der Waals surface area contributed by atoms with Crippen molar-refractivity contribution in [3.05, 3.63) is 24.5 Å². The van der Waals surface area contributed by atoms with Gasteiger partial charge in [-0.05, 0) is 25.5 Å². The molecule has 0 aliphatic heterocycles. The maximum Gasteiger partial charge on any atom is 0.330 e. The molecule has 78 valence electrons. The lowest BCUT2D eigenvalue weighted by Gasteiger charge is -2.17. The summed E-state index contributed by atoms with van der Waals surface area (Å²) < 4.78 is 6.68. The van der Waals surface area contributed by atoms with E-state index in [9.17, 15) is 4.79 Å². The van der Waals surface area contributed by atoms with Gasteiger partial charge in [-0.15, -0.1) is 0 Å². The summed E-state index contributed by atoms with van der Waals surface area (Å²) in [4.78, 5) is 11.4. The van der Waals surface area contributed by atoms with E-state index >= 15 is 0 Å². The van der Waals surface area contributed by atoms with Crippen molar-refractivity contribution < 1.29 is 9.53 Å². The van der Waals surface area contributed by atoms with E-state index in [2.05, 4.69) is 5.43 Å². The minimum atomic E-state index is -0.276. The SMILES string of the molecule is CCOC(=O)C(CC)Nn1cccc1. The van der Waals surface area contributed by atoms with E-state index in [4.69, 9.17) is 4.74 Å². The Morgan fingerprint density at radius 1 is 1.43 bits per heavy atom. The highest BCUT2D eigenvalue weighted by molar-refractivity contribution is 5.77. The number of nitrogens with zero attached hydrogens (tertiary/aromatic N) is 1. The summed E-state index contributed by atoms with van der Waals surface area (Å²) in [7, 11) is 0. The molecule has 0 amide bonds. The zero-order valence-electron chi connectivity index (χ0n) is 8.56. The molecule has 0 spiro atoms. The van der Waals surface area contributed by atoms with E-state index in [-0.39, 0.29) is 12.0 Å². The Morgan fingerprint density at radius 3 is 2.57 bits per heavy atom. The van der Waals surface area contributed by atoms with Crippen molar-refractivity contribution in [3.63, 3.8) is 0 Å². The quantitative estimate of drug-likeness (QED) is 0.723. The first-order valence-corrected chi connectivity index (χ1v) is 4.84. The van der Waals surface area contributed by atoms with E-state index in [0.717, 1.165) is 0 Å². The molecule has 0 aliphatic rings. The van der Waals surface area contributed by atoms with Crippen molar-refractivity contribution in [2.24, 2.45) is 0 Å². The van der Waals surface area contributed by atoms with Crippen molar-refractivity contribution in [1.29, 1.82) is 0 Å². The van der Waals surface area contributed by atoms with Crippen LogP contribution in [0.2, 0.25) is 0 Å². The third-order valence-electron chi connectivity index (χ3n) is 1.89. The highest BCUT2D eigenvalue weighted by Crippen LogP contribution is 1.98. The van der Waals surface area contributed by atoms with Crippen molar-refractivity contribution >= 4 is 5.97 Å². The van der Waals surface area contributed by atoms with Gasteiger partial charge in [0.1, 0.15) is 6.04 Å². The molecule has 0 radical (unpaired) electrons. The van der Waals surface area contributed by atoms with Gasteiger partial charge in [-0.3, -0.25) is 4.68 Å². The minimum Gasteiger partial charge on any atom is -0.464 e. The van der Waals surface area contributed by atoms with Gasteiger partial charge >= 0.3 is 5.97 Å². The number of hydrogen-bond acceptors (Lipinski definition) is 3. The van der Waals surface area contributed by atoms with Gasteiger partial charge in [0.25, 0.3) is 0 Å². The first-order chi connectivity index (χ1) is 6.77. The molecule has 1 unspecified atom stereocenters. The lowest BCUT2D eigenvalue weighted by molar-refractivity contribution is -0.144. The smallest absolute Gasteiger partial charge is 0.330 e. The van der Waals surface area contributed by atoms with Gasteiger partial charge < -0.3 is 10.2 Å². The van der Waals surface area contributed by atoms with Crippen molar-refractivity contribution in [2.75, 3.05) is 12.0 Å². The predicted octanol–water partition coefficient (Wildman–Crippen LogP) is 1.37. The summed E-state index contributed by atoms with van der Waals surface area (Å²) in [6.07, 6.45) is 4.40. The van der Waals surface area contributed by atoms with Crippen LogP contribution in [0.5, 0.6) is 0 Å². The molecule has 0 aliphatic carbocycles. The number of carbonyl (C=O) groups excluding carboxylic acids is 1. The molecule has 1 heterocycles. The summed E-state index contributed by atoms with van der Waals surface area (Å²) in [6, 6.07) is 3.51. The fourth-order valence-corrected chi connectivity index (χ4v) is 1.15. The summed E-state index contributed by atoms with van der Waals surface area (Å²) in [5, 5.41) is 0. The second-order valence-corrected chi connectivity index (χ2v) is 2.93. The zero-order valence-corrected chi connectivity index (χ0v) is 8.56. The van der Waals surface area contributed by atoms with Gasteiger partial charge in [0.15, 0.2) is 0 Å². The molecule has 1 aromatic rings. The number of esters is 1. The van der Waals surface area contributed by atoms with Crippen LogP contribution in [-0.2, 0) is 9.53 Å². The Bertz CT molecular complexity index is 270. The third kappa shape index (κ3) is 2.80. The summed E-state index contributed by atoms with van der Waals surface area (Å²) >= 11 is 0. The largest absolute Gasteiger partial charge is 0.464 e. The molecule has 1 atom stereocenters. The van der Waals surface area contributed by atoms with Gasteiger partial charge in [0, 0.05) is 12.4 Å². The molecule has 1 aromatic heterocycles. The molecule has 0 saturated carbocycles. The molecule has 1 rings (SSSR count). The minimum absolute atomic E-state index is 0.205. The van der Waals surface area contributed by atoms with Crippen molar-refractivity contribution in [1.82, 2.24) is 4.68 Å². The molecule has 4 heteroatoms. The van der Waals surface area contributed by atoms with E-state index < -0.39 is 0 Å². The zero-order chi connectivity index (χ0) is 10.4. The second-order valence-electron chi connectivity index (χ2n) is 2.93. The first kappa shape index (κ1) is 10.6. The maximum atomic E-state index is 11.4. The third-order valence-corrected chi connectivity index (χ3v) is 1.89. The monoisotopic (exact) mass is 196 g/mol. The van der Waals surface area contributed by atoms with Gasteiger partial charge in [-0.25, -0.2) is 4.79 Å². The van der Waals surface area contributed by atoms with Crippen LogP contribution in [0.15, 0.2) is 24.5 Å². The number of ether oxygens (including phenoxy) is 1. The van der Waals surface area contributed by atoms with E-state index in [1.807, 2.05) is 31.5 Å². The Morgan fingerprint density at radius 2 is 2.07 bits per heavy atom. The lowest BCUT2D eigenvalue weighted by Crippen LogP contribution is -2.35. The van der Waals surface area contributed by atoms with Crippen LogP contribution in [0.1, 0.15) is 20.3 Å². The highest BCUT2D eigenvalue weighted by atomic mass is 16.5. The van der Waals surface area contributed by atoms with E-state index in [1.54, 1.807) is 11.6 Å². The normalized spacial score (nSPS) is 12.1. The average Bonchev–Trinajstić information content (AvgIpc) is 2.66. The molecule has 0 fully saturated rings. The summed E-state index contributed by atoms with van der Waals surface area (Å²) in [6.45, 7) is 4.17. The van der Waals surface area contributed by atoms with Crippen LogP contribution in [0.3, 0.4) is 0 Å². The molecule has 4 nitrogen and oxygen atoms in total. The Balaban J connectivity index is 2.50. The standard InChI is InChI=1S/C10H16N2O2/c1-3-9(10(13)14-4-2)11-12-7-5-6-8-12/h5-9,11H,3-4H2,1-2H3. The summed E-state index contributed by atoms with van der Waals surface area (Å²) in [5.41, 5.74) is 3.04. The van der Waals surface area contributed by atoms with Gasteiger partial charge in [0.2, 0.25) is 0 Å². The number of rotatable bonds is 5. The van der Waals surface area contributed by atoms with Crippen LogP contribution in [0.4, 0.5) is 0 Å². The van der Waals surface area contributed by atoms with Gasteiger partial charge in [0.05, 0.1) is 6.61 Å². The van der Waals surface area contributed by atoms with Crippen molar-refractivity contribution in [3.8, 4) is 0 Å². The second kappa shape index (κ2) is 5.32. The van der Waals surface area contributed by atoms with E-state index in [1.165, 1.54) is 0 Å². The van der Waals surface area contributed by atoms with Crippen LogP contribution < -0.4 is 5.43 Å². The lowest BCUT2D eigenvalue weighted by atomic mass is 10.2. The molecule has 1 N–H and O–H groups in total. The molecule has 0 saturated heterocycles. The molecule has 0 bridgehead atoms. The Labute approximate surface area is 83.8 Å². The van der Waals surface area contributed by atoms with Crippen LogP contribution >= 0.6 is 0 Å². The van der Waals surface area contributed by atoms with Gasteiger partial charge in [-0.1, -0.05) is 6.92 Å². The van der Waals surface area contributed by atoms with Crippen LogP contribution in [-0.4, -0.2) is 23.3 Å². The Kier molecular flexibility index (Phi) is 4.04. The van der Waals surface area contributed by atoms with Crippen LogP contribution in [0, 0.1) is 0 Å². The number of aromatic nitrogens is 1. The maximum absolute atomic E-state index is 11.4. The number of carbonyl (C=O) groups is 1. The molecule has 14 heavy (non-hydrogen) atoms. The van der Waals surface area contributed by atoms with Crippen LogP contribution in [0.25, 0.3) is 0 Å². The van der Waals surface area contributed by atoms with E-state index in [0.29, 0.717) is 13.0 Å². The van der Waals surface area contributed by atoms with Gasteiger partial charge in [-0.2, -0.15) is 0 Å². The molecular formula is C10H16N2O2. The number of hydrogen-bond donors (Lipinski definition) is 1. The highest BCUT2D eigenvalue weighted by Gasteiger charge is 2.16. The first-order valence-electron chi connectivity index (χ1n) is 4.84. The molecule has 0 aromatic carbocycles. The topological polar surface area (TPSA) is 43.3 Å². The fourth-order valence-electron chi connectivity index (χ4n) is 1.15. The fraction of sp³-hybridized carbons (Fsp3) is 0.500. The van der Waals surface area contributed by atoms with Crippen molar-refractivity contribution in [2.45, 2.75) is 26.3 Å². The number of nitrogens with one attached hydrogen (secondary N) is 1.